The molecule has 1 aromatic carbocycles. The largest absolute Gasteiger partial charge is 0.325 e. The van der Waals surface area contributed by atoms with Crippen LogP contribution >= 0.6 is 11.8 Å². The molecular formula is C19H25N3O5S2. The Balaban J connectivity index is 1.61. The normalized spacial score (nSPS) is 27.9. The molecule has 1 aliphatic carbocycles. The molecule has 10 heteroatoms. The van der Waals surface area contributed by atoms with Crippen molar-refractivity contribution in [3.63, 3.8) is 0 Å². The Hall–Kier alpha value is -1.91. The number of hydrogen-bond donors (Lipinski definition) is 2. The van der Waals surface area contributed by atoms with Crippen LogP contribution in [0.4, 0.5) is 10.5 Å². The topological polar surface area (TPSA) is 127 Å². The molecule has 0 radical (unpaired) electrons. The number of primary sulfonamides is 1. The molecule has 3 N–H and O–H groups in total. The first kappa shape index (κ1) is 21.8. The number of benzene rings is 1. The van der Waals surface area contributed by atoms with Gasteiger partial charge in [-0.1, -0.05) is 25.6 Å². The van der Waals surface area contributed by atoms with E-state index in [1.165, 1.54) is 24.3 Å². The van der Waals surface area contributed by atoms with Gasteiger partial charge in [-0.05, 0) is 61.3 Å². The number of hydrogen-bond acceptors (Lipinski definition) is 6. The van der Waals surface area contributed by atoms with Crippen molar-refractivity contribution >= 4 is 44.5 Å². The lowest BCUT2D eigenvalue weighted by Gasteiger charge is -2.33. The van der Waals surface area contributed by atoms with Gasteiger partial charge < -0.3 is 5.32 Å². The standard InChI is InChI=1S/C19H25N3O5S2/c1-11-7-12(2)9-13(8-11)17-18(24)22(19(25)28-17)10-16(23)21-14-3-5-15(6-4-14)29(20,26)27/h3-6,11-13,17H,7-10H2,1-2H3,(H,21,23)(H2,20,26,27). The first-order valence-electron chi connectivity index (χ1n) is 9.49. The predicted octanol–water partition coefficient (Wildman–Crippen LogP) is 2.41. The number of nitrogens with two attached hydrogens (primary N) is 1. The molecule has 1 heterocycles. The van der Waals surface area contributed by atoms with Gasteiger partial charge in [0, 0.05) is 5.69 Å². The third-order valence-corrected chi connectivity index (χ3v) is 7.56. The molecule has 3 unspecified atom stereocenters. The van der Waals surface area contributed by atoms with E-state index in [0.717, 1.165) is 35.9 Å². The molecule has 3 atom stereocenters. The molecule has 0 bridgehead atoms. The zero-order valence-corrected chi connectivity index (χ0v) is 18.0. The van der Waals surface area contributed by atoms with Crippen LogP contribution in [0.3, 0.4) is 0 Å². The van der Waals surface area contributed by atoms with Gasteiger partial charge in [-0.25, -0.2) is 13.6 Å². The Labute approximate surface area is 174 Å². The number of nitrogens with one attached hydrogen (secondary N) is 1. The Morgan fingerprint density at radius 1 is 1.14 bits per heavy atom. The molecule has 0 aromatic heterocycles. The lowest BCUT2D eigenvalue weighted by molar-refractivity contribution is -0.131. The predicted molar refractivity (Wildman–Crippen MR) is 111 cm³/mol. The van der Waals surface area contributed by atoms with Gasteiger partial charge in [-0.3, -0.25) is 19.3 Å². The lowest BCUT2D eigenvalue weighted by Crippen LogP contribution is -2.40. The minimum absolute atomic E-state index is 0.0735. The van der Waals surface area contributed by atoms with Gasteiger partial charge in [0.1, 0.15) is 6.54 Å². The van der Waals surface area contributed by atoms with Crippen molar-refractivity contribution in [1.82, 2.24) is 4.90 Å². The van der Waals surface area contributed by atoms with Gasteiger partial charge in [-0.15, -0.1) is 0 Å². The molecule has 158 valence electrons. The van der Waals surface area contributed by atoms with Crippen molar-refractivity contribution in [3.05, 3.63) is 24.3 Å². The minimum Gasteiger partial charge on any atom is -0.325 e. The summed E-state index contributed by atoms with van der Waals surface area (Å²) in [5.41, 5.74) is 0.348. The van der Waals surface area contributed by atoms with Crippen LogP contribution in [-0.4, -0.2) is 42.2 Å². The average molecular weight is 440 g/mol. The smallest absolute Gasteiger partial charge is 0.289 e. The molecule has 0 spiro atoms. The maximum atomic E-state index is 12.8. The summed E-state index contributed by atoms with van der Waals surface area (Å²) in [5, 5.41) is 6.79. The number of carbonyl (C=O) groups excluding carboxylic acids is 3. The molecule has 3 amide bonds. The molecule has 3 rings (SSSR count). The molecule has 1 aromatic rings. The number of thioether (sulfide) groups is 1. The summed E-state index contributed by atoms with van der Waals surface area (Å²) < 4.78 is 22.6. The van der Waals surface area contributed by atoms with Crippen molar-refractivity contribution < 1.29 is 22.8 Å². The highest BCUT2D eigenvalue weighted by atomic mass is 32.2. The number of nitrogens with zero attached hydrogens (tertiary/aromatic N) is 1. The van der Waals surface area contributed by atoms with Crippen LogP contribution in [0.25, 0.3) is 0 Å². The molecule has 8 nitrogen and oxygen atoms in total. The monoisotopic (exact) mass is 439 g/mol. The van der Waals surface area contributed by atoms with Crippen molar-refractivity contribution in [3.8, 4) is 0 Å². The van der Waals surface area contributed by atoms with Crippen LogP contribution in [0.5, 0.6) is 0 Å². The summed E-state index contributed by atoms with van der Waals surface area (Å²) in [6.45, 7) is 3.97. The van der Waals surface area contributed by atoms with E-state index >= 15 is 0 Å². The first-order chi connectivity index (χ1) is 13.5. The molecule has 1 saturated carbocycles. The summed E-state index contributed by atoms with van der Waals surface area (Å²) in [5.74, 6) is 0.358. The van der Waals surface area contributed by atoms with E-state index in [9.17, 15) is 22.8 Å². The number of imide groups is 1. The summed E-state index contributed by atoms with van der Waals surface area (Å²) in [7, 11) is -3.82. The van der Waals surface area contributed by atoms with E-state index in [-0.39, 0.29) is 23.3 Å². The summed E-state index contributed by atoms with van der Waals surface area (Å²) in [4.78, 5) is 38.4. The van der Waals surface area contributed by atoms with Gasteiger partial charge in [0.25, 0.3) is 5.24 Å². The van der Waals surface area contributed by atoms with Crippen LogP contribution in [0.2, 0.25) is 0 Å². The maximum absolute atomic E-state index is 12.8. The first-order valence-corrected chi connectivity index (χ1v) is 11.9. The number of carbonyl (C=O) groups is 3. The van der Waals surface area contributed by atoms with Crippen molar-refractivity contribution in [2.24, 2.45) is 22.9 Å². The van der Waals surface area contributed by atoms with Gasteiger partial charge in [0.2, 0.25) is 21.8 Å². The van der Waals surface area contributed by atoms with E-state index in [0.29, 0.717) is 17.5 Å². The molecule has 2 aliphatic rings. The van der Waals surface area contributed by atoms with Gasteiger partial charge in [-0.2, -0.15) is 0 Å². The zero-order chi connectivity index (χ0) is 21.3. The van der Waals surface area contributed by atoms with Crippen LogP contribution < -0.4 is 10.5 Å². The van der Waals surface area contributed by atoms with E-state index < -0.39 is 26.4 Å². The second kappa shape index (κ2) is 8.45. The van der Waals surface area contributed by atoms with Gasteiger partial charge in [0.15, 0.2) is 0 Å². The Kier molecular flexibility index (Phi) is 6.35. The highest BCUT2D eigenvalue weighted by Crippen LogP contribution is 2.42. The quantitative estimate of drug-likeness (QED) is 0.725. The fraction of sp³-hybridized carbons (Fsp3) is 0.526. The fourth-order valence-electron chi connectivity index (χ4n) is 4.24. The van der Waals surface area contributed by atoms with Crippen LogP contribution in [0, 0.1) is 17.8 Å². The van der Waals surface area contributed by atoms with E-state index in [1.54, 1.807) is 0 Å². The molecule has 1 saturated heterocycles. The van der Waals surface area contributed by atoms with E-state index in [4.69, 9.17) is 5.14 Å². The molecule has 29 heavy (non-hydrogen) atoms. The number of anilines is 1. The van der Waals surface area contributed by atoms with Crippen molar-refractivity contribution in [1.29, 1.82) is 0 Å². The number of rotatable bonds is 5. The van der Waals surface area contributed by atoms with Gasteiger partial charge in [0.05, 0.1) is 10.1 Å². The summed E-state index contributed by atoms with van der Waals surface area (Å²) in [6, 6.07) is 5.34. The third-order valence-electron chi connectivity index (χ3n) is 5.37. The number of amides is 3. The Morgan fingerprint density at radius 2 is 1.72 bits per heavy atom. The second-order valence-electron chi connectivity index (χ2n) is 8.02. The number of sulfonamides is 1. The zero-order valence-electron chi connectivity index (χ0n) is 16.3. The Morgan fingerprint density at radius 3 is 2.28 bits per heavy atom. The average Bonchev–Trinajstić information content (AvgIpc) is 2.89. The van der Waals surface area contributed by atoms with Crippen LogP contribution in [0.1, 0.15) is 33.1 Å². The highest BCUT2D eigenvalue weighted by molar-refractivity contribution is 8.15. The van der Waals surface area contributed by atoms with E-state index in [2.05, 4.69) is 19.2 Å². The van der Waals surface area contributed by atoms with Gasteiger partial charge >= 0.3 is 0 Å². The summed E-state index contributed by atoms with van der Waals surface area (Å²) in [6.07, 6.45) is 2.96. The minimum atomic E-state index is -3.82. The third kappa shape index (κ3) is 5.18. The highest BCUT2D eigenvalue weighted by Gasteiger charge is 2.45. The molecular weight excluding hydrogens is 414 g/mol. The molecule has 2 fully saturated rings. The fourth-order valence-corrected chi connectivity index (χ4v) is 5.89. The molecule has 1 aliphatic heterocycles. The summed E-state index contributed by atoms with van der Waals surface area (Å²) >= 11 is 1.02. The van der Waals surface area contributed by atoms with Crippen LogP contribution in [0.15, 0.2) is 29.2 Å². The van der Waals surface area contributed by atoms with Crippen molar-refractivity contribution in [2.45, 2.75) is 43.3 Å². The SMILES string of the molecule is CC1CC(C)CC(C2SC(=O)N(CC(=O)Nc3ccc(S(N)(=O)=O)cc3)C2=O)C1. The lowest BCUT2D eigenvalue weighted by atomic mass is 9.75. The van der Waals surface area contributed by atoms with E-state index in [1.807, 2.05) is 0 Å². The Bertz CT molecular complexity index is 906. The second-order valence-corrected chi connectivity index (χ2v) is 10.7. The maximum Gasteiger partial charge on any atom is 0.289 e. The van der Waals surface area contributed by atoms with Crippen molar-refractivity contribution in [2.75, 3.05) is 11.9 Å². The van der Waals surface area contributed by atoms with Crippen LogP contribution in [-0.2, 0) is 19.6 Å².